The van der Waals surface area contributed by atoms with Gasteiger partial charge in [0, 0.05) is 7.11 Å². The Balaban J connectivity index is 2.12. The summed E-state index contributed by atoms with van der Waals surface area (Å²) in [5, 5.41) is 68.0. The van der Waals surface area contributed by atoms with Crippen molar-refractivity contribution < 1.29 is 54.7 Å². The summed E-state index contributed by atoms with van der Waals surface area (Å²) in [5.74, 6) is 0. The molecule has 0 bridgehead atoms. The maximum atomic E-state index is 10.2. The van der Waals surface area contributed by atoms with Gasteiger partial charge < -0.3 is 54.7 Å². The minimum atomic E-state index is -1.69. The largest absolute Gasteiger partial charge is 0.394 e. The number of hydrogen-bond donors (Lipinski definition) is 7. The number of methoxy groups -OCH3 is 1. The summed E-state index contributed by atoms with van der Waals surface area (Å²) in [7, 11) is 1.24. The van der Waals surface area contributed by atoms with Gasteiger partial charge in [0.15, 0.2) is 12.6 Å². The third-order valence-corrected chi connectivity index (χ3v) is 4.19. The van der Waals surface area contributed by atoms with Crippen LogP contribution in [0.4, 0.5) is 0 Å². The van der Waals surface area contributed by atoms with Crippen LogP contribution in [-0.2, 0) is 18.9 Å². The van der Waals surface area contributed by atoms with Crippen molar-refractivity contribution in [2.24, 2.45) is 0 Å². The molecule has 0 radical (unpaired) electrons. The van der Waals surface area contributed by atoms with E-state index < -0.39 is 74.6 Å². The van der Waals surface area contributed by atoms with Crippen molar-refractivity contribution in [2.75, 3.05) is 20.3 Å². The second-order valence-electron chi connectivity index (χ2n) is 5.74. The number of hydrogen-bond acceptors (Lipinski definition) is 11. The van der Waals surface area contributed by atoms with Crippen LogP contribution >= 0.6 is 0 Å². The van der Waals surface area contributed by atoms with Gasteiger partial charge in [-0.2, -0.15) is 0 Å². The Labute approximate surface area is 137 Å². The average molecular weight is 356 g/mol. The first-order chi connectivity index (χ1) is 11.3. The predicted octanol–water partition coefficient (Wildman–Crippen LogP) is -4.74. The fraction of sp³-hybridized carbons (Fsp3) is 1.00. The van der Waals surface area contributed by atoms with Gasteiger partial charge in [-0.3, -0.25) is 0 Å². The van der Waals surface area contributed by atoms with E-state index in [2.05, 4.69) is 0 Å². The summed E-state index contributed by atoms with van der Waals surface area (Å²) in [6.45, 7) is -1.24. The number of aliphatic hydroxyl groups excluding tert-OH is 7. The number of aliphatic hydroxyl groups is 7. The molecule has 7 N–H and O–H groups in total. The highest BCUT2D eigenvalue weighted by Crippen LogP contribution is 2.29. The van der Waals surface area contributed by atoms with E-state index >= 15 is 0 Å². The molecule has 10 atom stereocenters. The van der Waals surface area contributed by atoms with E-state index in [4.69, 9.17) is 24.1 Å². The molecule has 11 heteroatoms. The first-order valence-electron chi connectivity index (χ1n) is 7.46. The van der Waals surface area contributed by atoms with Gasteiger partial charge in [-0.25, -0.2) is 0 Å². The van der Waals surface area contributed by atoms with Crippen molar-refractivity contribution in [3.8, 4) is 0 Å². The molecular formula is C13H24O11. The van der Waals surface area contributed by atoms with Gasteiger partial charge >= 0.3 is 0 Å². The van der Waals surface area contributed by atoms with E-state index in [1.807, 2.05) is 0 Å². The van der Waals surface area contributed by atoms with Gasteiger partial charge in [-0.15, -0.1) is 0 Å². The van der Waals surface area contributed by atoms with E-state index in [0.29, 0.717) is 0 Å². The van der Waals surface area contributed by atoms with Crippen LogP contribution in [0.2, 0.25) is 0 Å². The molecule has 0 aromatic carbocycles. The molecule has 2 fully saturated rings. The van der Waals surface area contributed by atoms with Gasteiger partial charge in [0.05, 0.1) is 13.2 Å². The monoisotopic (exact) mass is 356 g/mol. The second kappa shape index (κ2) is 8.29. The molecule has 2 saturated heterocycles. The minimum absolute atomic E-state index is 0.592. The molecule has 0 spiro atoms. The van der Waals surface area contributed by atoms with Crippen molar-refractivity contribution in [3.05, 3.63) is 0 Å². The van der Waals surface area contributed by atoms with Gasteiger partial charge in [0.2, 0.25) is 0 Å². The predicted molar refractivity (Wildman–Crippen MR) is 73.4 cm³/mol. The standard InChI is InChI=1S/C13H24O11/c1-21-12-10(20)8(18)11(5(3-15)23-12)24-13-9(19)7(17)6(16)4(2-14)22-13/h4-20H,2-3H2,1H3/t4-,5-,6?,7+,8-,9?,10?,11?,12-,13?/m1/s1. The molecule has 2 aliphatic rings. The Kier molecular flexibility index (Phi) is 6.87. The minimum Gasteiger partial charge on any atom is -0.394 e. The Hall–Kier alpha value is -0.440. The van der Waals surface area contributed by atoms with Crippen molar-refractivity contribution in [1.82, 2.24) is 0 Å². The van der Waals surface area contributed by atoms with E-state index in [1.165, 1.54) is 7.11 Å². The molecule has 2 rings (SSSR count). The van der Waals surface area contributed by atoms with Gasteiger partial charge in [0.25, 0.3) is 0 Å². The van der Waals surface area contributed by atoms with Gasteiger partial charge in [-0.05, 0) is 0 Å². The molecule has 0 saturated carbocycles. The van der Waals surface area contributed by atoms with Gasteiger partial charge in [-0.1, -0.05) is 0 Å². The second-order valence-corrected chi connectivity index (χ2v) is 5.74. The average Bonchev–Trinajstić information content (AvgIpc) is 2.59. The lowest BCUT2D eigenvalue weighted by atomic mass is 9.97. The highest BCUT2D eigenvalue weighted by molar-refractivity contribution is 4.93. The zero-order valence-electron chi connectivity index (χ0n) is 13.0. The van der Waals surface area contributed by atoms with Gasteiger partial charge in [0.1, 0.15) is 48.8 Å². The molecule has 0 aromatic heterocycles. The van der Waals surface area contributed by atoms with Crippen LogP contribution in [-0.4, -0.2) is 117 Å². The third-order valence-electron chi connectivity index (χ3n) is 4.19. The quantitative estimate of drug-likeness (QED) is 0.251. The molecule has 5 unspecified atom stereocenters. The van der Waals surface area contributed by atoms with Crippen LogP contribution in [0, 0.1) is 0 Å². The summed E-state index contributed by atoms with van der Waals surface area (Å²) in [6.07, 6.45) is -14.3. The highest BCUT2D eigenvalue weighted by atomic mass is 16.7. The number of rotatable bonds is 5. The lowest BCUT2D eigenvalue weighted by Crippen LogP contribution is -2.64. The Morgan fingerprint density at radius 3 is 1.79 bits per heavy atom. The lowest BCUT2D eigenvalue weighted by molar-refractivity contribution is -0.357. The Morgan fingerprint density at radius 2 is 1.25 bits per heavy atom. The van der Waals surface area contributed by atoms with E-state index in [1.54, 1.807) is 0 Å². The molecule has 0 aliphatic carbocycles. The van der Waals surface area contributed by atoms with Crippen LogP contribution in [0.3, 0.4) is 0 Å². The summed E-state index contributed by atoms with van der Waals surface area (Å²) < 4.78 is 20.6. The van der Waals surface area contributed by atoms with E-state index in [0.717, 1.165) is 0 Å². The first kappa shape index (κ1) is 19.9. The molecular weight excluding hydrogens is 332 g/mol. The molecule has 11 nitrogen and oxygen atoms in total. The highest BCUT2D eigenvalue weighted by Gasteiger charge is 2.50. The van der Waals surface area contributed by atoms with E-state index in [9.17, 15) is 30.6 Å². The molecule has 24 heavy (non-hydrogen) atoms. The maximum absolute atomic E-state index is 10.2. The molecule has 0 amide bonds. The zero-order chi connectivity index (χ0) is 18.0. The Morgan fingerprint density at radius 1 is 0.708 bits per heavy atom. The first-order valence-corrected chi connectivity index (χ1v) is 7.46. The third kappa shape index (κ3) is 3.71. The van der Waals surface area contributed by atoms with Crippen molar-refractivity contribution in [3.63, 3.8) is 0 Å². The van der Waals surface area contributed by atoms with Crippen LogP contribution in [0.1, 0.15) is 0 Å². The normalized spacial score (nSPS) is 50.0. The van der Waals surface area contributed by atoms with Crippen molar-refractivity contribution >= 4 is 0 Å². The van der Waals surface area contributed by atoms with Crippen molar-refractivity contribution in [2.45, 2.75) is 61.4 Å². The number of ether oxygens (including phenoxy) is 4. The molecule has 2 heterocycles. The van der Waals surface area contributed by atoms with Crippen LogP contribution < -0.4 is 0 Å². The lowest BCUT2D eigenvalue weighted by Gasteiger charge is -2.45. The van der Waals surface area contributed by atoms with Crippen LogP contribution in [0.25, 0.3) is 0 Å². The van der Waals surface area contributed by atoms with Crippen molar-refractivity contribution in [1.29, 1.82) is 0 Å². The van der Waals surface area contributed by atoms with Crippen LogP contribution in [0.5, 0.6) is 0 Å². The topological polar surface area (TPSA) is 179 Å². The molecule has 142 valence electrons. The SMILES string of the molecule is CO[C@@H]1O[C@H](CO)C(OC2O[C@H](CO)C(O)[C@H](O)C2O)[C@H](O)C1O. The maximum Gasteiger partial charge on any atom is 0.187 e. The summed E-state index contributed by atoms with van der Waals surface area (Å²) >= 11 is 0. The summed E-state index contributed by atoms with van der Waals surface area (Å²) in [4.78, 5) is 0. The van der Waals surface area contributed by atoms with Crippen LogP contribution in [0.15, 0.2) is 0 Å². The summed E-state index contributed by atoms with van der Waals surface area (Å²) in [5.41, 5.74) is 0. The fourth-order valence-corrected chi connectivity index (χ4v) is 2.75. The molecule has 2 aliphatic heterocycles. The fourth-order valence-electron chi connectivity index (χ4n) is 2.75. The summed E-state index contributed by atoms with van der Waals surface area (Å²) in [6, 6.07) is 0. The smallest absolute Gasteiger partial charge is 0.187 e. The van der Waals surface area contributed by atoms with E-state index in [-0.39, 0.29) is 0 Å². The molecule has 0 aromatic rings. The Bertz CT molecular complexity index is 392. The zero-order valence-corrected chi connectivity index (χ0v) is 13.0.